The summed E-state index contributed by atoms with van der Waals surface area (Å²) in [6.07, 6.45) is 6.57. The Labute approximate surface area is 135 Å². The highest BCUT2D eigenvalue weighted by Crippen LogP contribution is 2.27. The number of nitrogens with one attached hydrogen (secondary N) is 1. The standard InChI is InChI=1S/C19H30N2O/c1-22-19-5-3-2-4-18(19)14-16-8-12-21(13-9-16)15-17-6-10-20-11-7-17/h2-5,16-17,20H,6-15H2,1H3. The van der Waals surface area contributed by atoms with Crippen molar-refractivity contribution in [3.05, 3.63) is 29.8 Å². The van der Waals surface area contributed by atoms with Gasteiger partial charge in [-0.05, 0) is 81.7 Å². The van der Waals surface area contributed by atoms with Gasteiger partial charge in [0.05, 0.1) is 7.11 Å². The van der Waals surface area contributed by atoms with Gasteiger partial charge < -0.3 is 15.0 Å². The van der Waals surface area contributed by atoms with Gasteiger partial charge in [0.15, 0.2) is 0 Å². The van der Waals surface area contributed by atoms with Gasteiger partial charge in [0.1, 0.15) is 5.75 Å². The number of nitrogens with zero attached hydrogens (tertiary/aromatic N) is 1. The van der Waals surface area contributed by atoms with Crippen LogP contribution in [0.2, 0.25) is 0 Å². The van der Waals surface area contributed by atoms with Crippen molar-refractivity contribution in [2.45, 2.75) is 32.1 Å². The van der Waals surface area contributed by atoms with Crippen molar-refractivity contribution in [2.75, 3.05) is 39.8 Å². The Balaban J connectivity index is 1.45. The maximum absolute atomic E-state index is 5.49. The predicted octanol–water partition coefficient (Wildman–Crippen LogP) is 2.95. The summed E-state index contributed by atoms with van der Waals surface area (Å²) in [5.74, 6) is 2.80. The zero-order chi connectivity index (χ0) is 15.2. The molecular formula is C19H30N2O. The van der Waals surface area contributed by atoms with Crippen LogP contribution in [0, 0.1) is 11.8 Å². The van der Waals surface area contributed by atoms with E-state index < -0.39 is 0 Å². The molecule has 0 saturated carbocycles. The molecule has 0 unspecified atom stereocenters. The average molecular weight is 302 g/mol. The fourth-order valence-corrected chi connectivity index (χ4v) is 3.99. The van der Waals surface area contributed by atoms with E-state index in [1.54, 1.807) is 7.11 Å². The number of methoxy groups -OCH3 is 1. The number of benzene rings is 1. The lowest BCUT2D eigenvalue weighted by molar-refractivity contribution is 0.148. The summed E-state index contributed by atoms with van der Waals surface area (Å²) in [7, 11) is 1.78. The van der Waals surface area contributed by atoms with E-state index in [-0.39, 0.29) is 0 Å². The van der Waals surface area contributed by atoms with Crippen LogP contribution in [0.15, 0.2) is 24.3 Å². The maximum atomic E-state index is 5.49. The molecular weight excluding hydrogens is 272 g/mol. The van der Waals surface area contributed by atoms with Crippen molar-refractivity contribution >= 4 is 0 Å². The molecule has 2 heterocycles. The number of piperidine rings is 2. The van der Waals surface area contributed by atoms with Crippen molar-refractivity contribution < 1.29 is 4.74 Å². The van der Waals surface area contributed by atoms with Gasteiger partial charge in [0.25, 0.3) is 0 Å². The Morgan fingerprint density at radius 2 is 1.77 bits per heavy atom. The predicted molar refractivity (Wildman–Crippen MR) is 91.5 cm³/mol. The Kier molecular flexibility index (Phi) is 5.74. The molecule has 0 aliphatic carbocycles. The summed E-state index contributed by atoms with van der Waals surface area (Å²) >= 11 is 0. The molecule has 3 heteroatoms. The molecule has 0 spiro atoms. The minimum Gasteiger partial charge on any atom is -0.496 e. The van der Waals surface area contributed by atoms with Crippen LogP contribution in [0.5, 0.6) is 5.75 Å². The fraction of sp³-hybridized carbons (Fsp3) is 0.684. The fourth-order valence-electron chi connectivity index (χ4n) is 3.99. The second-order valence-corrected chi connectivity index (χ2v) is 6.95. The largest absolute Gasteiger partial charge is 0.496 e. The number of hydrogen-bond donors (Lipinski definition) is 1. The third-order valence-corrected chi connectivity index (χ3v) is 5.38. The molecule has 1 aromatic carbocycles. The summed E-state index contributed by atoms with van der Waals surface area (Å²) in [5.41, 5.74) is 1.38. The first-order chi connectivity index (χ1) is 10.8. The number of para-hydroxylation sites is 1. The van der Waals surface area contributed by atoms with Crippen LogP contribution in [-0.4, -0.2) is 44.7 Å². The lowest BCUT2D eigenvalue weighted by Gasteiger charge is -2.35. The molecule has 3 rings (SSSR count). The van der Waals surface area contributed by atoms with Crippen molar-refractivity contribution in [2.24, 2.45) is 11.8 Å². The van der Waals surface area contributed by atoms with Gasteiger partial charge in [-0.25, -0.2) is 0 Å². The third kappa shape index (κ3) is 4.23. The Morgan fingerprint density at radius 1 is 1.05 bits per heavy atom. The Bertz CT molecular complexity index is 449. The number of rotatable bonds is 5. The second kappa shape index (κ2) is 7.98. The number of likely N-dealkylation sites (tertiary alicyclic amines) is 1. The molecule has 3 nitrogen and oxygen atoms in total. The van der Waals surface area contributed by atoms with Gasteiger partial charge in [-0.2, -0.15) is 0 Å². The molecule has 0 radical (unpaired) electrons. The first-order valence-corrected chi connectivity index (χ1v) is 8.90. The SMILES string of the molecule is COc1ccccc1CC1CCN(CC2CCNCC2)CC1. The maximum Gasteiger partial charge on any atom is 0.122 e. The van der Waals surface area contributed by atoms with Gasteiger partial charge in [0, 0.05) is 6.54 Å². The van der Waals surface area contributed by atoms with E-state index in [0.29, 0.717) is 0 Å². The Morgan fingerprint density at radius 3 is 2.50 bits per heavy atom. The topological polar surface area (TPSA) is 24.5 Å². The molecule has 22 heavy (non-hydrogen) atoms. The van der Waals surface area contributed by atoms with Crippen LogP contribution in [0.4, 0.5) is 0 Å². The first-order valence-electron chi connectivity index (χ1n) is 8.90. The summed E-state index contributed by atoms with van der Waals surface area (Å²) in [4.78, 5) is 2.70. The molecule has 2 aliphatic heterocycles. The van der Waals surface area contributed by atoms with Crippen molar-refractivity contribution in [3.8, 4) is 5.75 Å². The highest BCUT2D eigenvalue weighted by molar-refractivity contribution is 5.33. The van der Waals surface area contributed by atoms with Gasteiger partial charge in [0.2, 0.25) is 0 Å². The summed E-state index contributed by atoms with van der Waals surface area (Å²) in [5, 5.41) is 3.47. The van der Waals surface area contributed by atoms with E-state index in [0.717, 1.165) is 17.6 Å². The summed E-state index contributed by atoms with van der Waals surface area (Å²) in [6, 6.07) is 8.50. The zero-order valence-electron chi connectivity index (χ0n) is 13.9. The minimum absolute atomic E-state index is 0.820. The van der Waals surface area contributed by atoms with Crippen LogP contribution in [0.25, 0.3) is 0 Å². The normalized spacial score (nSPS) is 21.9. The van der Waals surface area contributed by atoms with Gasteiger partial charge in [-0.15, -0.1) is 0 Å². The average Bonchev–Trinajstić information content (AvgIpc) is 2.58. The Hall–Kier alpha value is -1.06. The minimum atomic E-state index is 0.820. The summed E-state index contributed by atoms with van der Waals surface area (Å²) < 4.78 is 5.49. The molecule has 0 bridgehead atoms. The van der Waals surface area contributed by atoms with Crippen LogP contribution in [-0.2, 0) is 6.42 Å². The quantitative estimate of drug-likeness (QED) is 0.905. The van der Waals surface area contributed by atoms with Crippen LogP contribution in [0.1, 0.15) is 31.2 Å². The zero-order valence-corrected chi connectivity index (χ0v) is 13.9. The third-order valence-electron chi connectivity index (χ3n) is 5.38. The molecule has 1 aromatic rings. The second-order valence-electron chi connectivity index (χ2n) is 6.95. The number of hydrogen-bond acceptors (Lipinski definition) is 3. The van der Waals surface area contributed by atoms with Crippen LogP contribution >= 0.6 is 0 Å². The molecule has 2 aliphatic rings. The molecule has 122 valence electrons. The first kappa shape index (κ1) is 15.8. The smallest absolute Gasteiger partial charge is 0.122 e. The van der Waals surface area contributed by atoms with Gasteiger partial charge >= 0.3 is 0 Å². The van der Waals surface area contributed by atoms with Gasteiger partial charge in [-0.3, -0.25) is 0 Å². The van der Waals surface area contributed by atoms with Crippen molar-refractivity contribution in [1.29, 1.82) is 0 Å². The molecule has 1 N–H and O–H groups in total. The van der Waals surface area contributed by atoms with E-state index >= 15 is 0 Å². The lowest BCUT2D eigenvalue weighted by Crippen LogP contribution is -2.40. The molecule has 2 fully saturated rings. The van der Waals surface area contributed by atoms with Crippen molar-refractivity contribution in [1.82, 2.24) is 10.2 Å². The highest BCUT2D eigenvalue weighted by Gasteiger charge is 2.23. The lowest BCUT2D eigenvalue weighted by atomic mass is 9.89. The van der Waals surface area contributed by atoms with Gasteiger partial charge in [-0.1, -0.05) is 18.2 Å². The molecule has 2 saturated heterocycles. The monoisotopic (exact) mass is 302 g/mol. The van der Waals surface area contributed by atoms with E-state index in [4.69, 9.17) is 4.74 Å². The highest BCUT2D eigenvalue weighted by atomic mass is 16.5. The molecule has 0 atom stereocenters. The molecule has 0 amide bonds. The van der Waals surface area contributed by atoms with Crippen LogP contribution < -0.4 is 10.1 Å². The molecule has 0 aromatic heterocycles. The van der Waals surface area contributed by atoms with E-state index in [1.807, 2.05) is 0 Å². The number of ether oxygens (including phenoxy) is 1. The van der Waals surface area contributed by atoms with Crippen LogP contribution in [0.3, 0.4) is 0 Å². The van der Waals surface area contributed by atoms with Crippen molar-refractivity contribution in [3.63, 3.8) is 0 Å². The summed E-state index contributed by atoms with van der Waals surface area (Å²) in [6.45, 7) is 6.32. The van der Waals surface area contributed by atoms with E-state index in [9.17, 15) is 0 Å². The van der Waals surface area contributed by atoms with E-state index in [2.05, 4.69) is 34.5 Å². The van der Waals surface area contributed by atoms with E-state index in [1.165, 1.54) is 70.4 Å².